The molecule has 0 aromatic rings. The van der Waals surface area contributed by atoms with Crippen LogP contribution in [0.15, 0.2) is 4.99 Å². The van der Waals surface area contributed by atoms with Crippen molar-refractivity contribution in [1.82, 2.24) is 4.90 Å². The monoisotopic (exact) mass is 251 g/mol. The number of hydrogen-bond donors (Lipinski definition) is 1. The molecule has 2 heterocycles. The van der Waals surface area contributed by atoms with Gasteiger partial charge in [0.1, 0.15) is 0 Å². The fourth-order valence-electron chi connectivity index (χ4n) is 3.94. The molecule has 0 aromatic heterocycles. The van der Waals surface area contributed by atoms with Gasteiger partial charge in [-0.2, -0.15) is 0 Å². The summed E-state index contributed by atoms with van der Waals surface area (Å²) in [5, 5.41) is 0. The number of nitrogens with two attached hydrogens (primary N) is 1. The summed E-state index contributed by atoms with van der Waals surface area (Å²) in [4.78, 5) is 6.91. The molecule has 1 spiro atoms. The van der Waals surface area contributed by atoms with Crippen LogP contribution in [0.1, 0.15) is 45.4 Å². The summed E-state index contributed by atoms with van der Waals surface area (Å²) < 4.78 is 5.77. The van der Waals surface area contributed by atoms with Crippen molar-refractivity contribution in [1.29, 1.82) is 0 Å². The molecule has 0 bridgehead atoms. The van der Waals surface area contributed by atoms with Gasteiger partial charge in [0.15, 0.2) is 5.96 Å². The summed E-state index contributed by atoms with van der Waals surface area (Å²) in [5.74, 6) is 1.55. The molecular formula is C14H25N3O. The average molecular weight is 251 g/mol. The Bertz CT molecular complexity index is 338. The first-order valence-corrected chi connectivity index (χ1v) is 7.39. The standard InChI is InChI=1S/C14H25N3O/c1-11-4-2-6-14(8-11)10-16-13(15)17(14)9-12-5-3-7-18-12/h11-12H,2-10H2,1H3,(H2,15,16). The molecule has 1 saturated carbocycles. The third-order valence-electron chi connectivity index (χ3n) is 4.86. The van der Waals surface area contributed by atoms with Gasteiger partial charge in [-0.3, -0.25) is 4.99 Å². The highest BCUT2D eigenvalue weighted by Gasteiger charge is 2.45. The van der Waals surface area contributed by atoms with E-state index in [1.807, 2.05) is 0 Å². The second kappa shape index (κ2) is 4.72. The van der Waals surface area contributed by atoms with Crippen LogP contribution in [0.3, 0.4) is 0 Å². The maximum Gasteiger partial charge on any atom is 0.191 e. The molecule has 2 fully saturated rings. The maximum absolute atomic E-state index is 6.13. The average Bonchev–Trinajstić information content (AvgIpc) is 2.94. The van der Waals surface area contributed by atoms with Crippen molar-refractivity contribution in [3.63, 3.8) is 0 Å². The van der Waals surface area contributed by atoms with Crippen LogP contribution in [-0.2, 0) is 4.74 Å². The molecule has 1 aliphatic carbocycles. The van der Waals surface area contributed by atoms with Crippen LogP contribution >= 0.6 is 0 Å². The van der Waals surface area contributed by atoms with Gasteiger partial charge in [0.25, 0.3) is 0 Å². The lowest BCUT2D eigenvalue weighted by Gasteiger charge is -2.45. The molecule has 0 radical (unpaired) electrons. The minimum Gasteiger partial charge on any atom is -0.376 e. The van der Waals surface area contributed by atoms with Crippen molar-refractivity contribution in [2.24, 2.45) is 16.6 Å². The number of aliphatic imine (C=N–C) groups is 1. The lowest BCUT2D eigenvalue weighted by Crippen LogP contribution is -2.55. The molecule has 4 nitrogen and oxygen atoms in total. The van der Waals surface area contributed by atoms with Crippen molar-refractivity contribution < 1.29 is 4.74 Å². The van der Waals surface area contributed by atoms with E-state index in [0.717, 1.165) is 31.6 Å². The molecule has 1 saturated heterocycles. The van der Waals surface area contributed by atoms with Gasteiger partial charge in [-0.25, -0.2) is 0 Å². The quantitative estimate of drug-likeness (QED) is 0.813. The van der Waals surface area contributed by atoms with Gasteiger partial charge in [0.2, 0.25) is 0 Å². The smallest absolute Gasteiger partial charge is 0.191 e. The van der Waals surface area contributed by atoms with Crippen molar-refractivity contribution in [2.75, 3.05) is 19.7 Å². The van der Waals surface area contributed by atoms with Crippen LogP contribution < -0.4 is 5.73 Å². The number of nitrogens with zero attached hydrogens (tertiary/aromatic N) is 2. The summed E-state index contributed by atoms with van der Waals surface area (Å²) in [7, 11) is 0. The van der Waals surface area contributed by atoms with Gasteiger partial charge < -0.3 is 15.4 Å². The van der Waals surface area contributed by atoms with E-state index in [4.69, 9.17) is 10.5 Å². The normalized spacial score (nSPS) is 40.5. The van der Waals surface area contributed by atoms with E-state index in [1.54, 1.807) is 0 Å². The Labute approximate surface area is 110 Å². The first-order valence-electron chi connectivity index (χ1n) is 7.39. The summed E-state index contributed by atoms with van der Waals surface area (Å²) >= 11 is 0. The molecule has 2 aliphatic heterocycles. The van der Waals surface area contributed by atoms with Crippen molar-refractivity contribution >= 4 is 5.96 Å². The molecule has 102 valence electrons. The van der Waals surface area contributed by atoms with Gasteiger partial charge in [-0.05, 0) is 31.6 Å². The van der Waals surface area contributed by atoms with Crippen LogP contribution in [0.5, 0.6) is 0 Å². The SMILES string of the molecule is CC1CCCC2(CN=C(N)N2CC2CCCO2)C1. The van der Waals surface area contributed by atoms with Crippen LogP contribution in [0.4, 0.5) is 0 Å². The lowest BCUT2D eigenvalue weighted by atomic mass is 9.75. The Kier molecular flexibility index (Phi) is 3.22. The molecule has 3 atom stereocenters. The maximum atomic E-state index is 6.13. The molecule has 18 heavy (non-hydrogen) atoms. The number of guanidine groups is 1. The highest BCUT2D eigenvalue weighted by atomic mass is 16.5. The van der Waals surface area contributed by atoms with Crippen LogP contribution in [0, 0.1) is 5.92 Å². The second-order valence-electron chi connectivity index (χ2n) is 6.35. The van der Waals surface area contributed by atoms with E-state index < -0.39 is 0 Å². The third kappa shape index (κ3) is 2.11. The van der Waals surface area contributed by atoms with Gasteiger partial charge in [-0.15, -0.1) is 0 Å². The fourth-order valence-corrected chi connectivity index (χ4v) is 3.94. The Balaban J connectivity index is 1.73. The molecule has 3 aliphatic rings. The van der Waals surface area contributed by atoms with E-state index in [-0.39, 0.29) is 5.54 Å². The van der Waals surface area contributed by atoms with Gasteiger partial charge in [-0.1, -0.05) is 19.8 Å². The minimum absolute atomic E-state index is 0.216. The van der Waals surface area contributed by atoms with Gasteiger partial charge in [0, 0.05) is 13.2 Å². The Morgan fingerprint density at radius 2 is 2.33 bits per heavy atom. The first kappa shape index (κ1) is 12.3. The lowest BCUT2D eigenvalue weighted by molar-refractivity contribution is 0.0446. The summed E-state index contributed by atoms with van der Waals surface area (Å²) in [6.45, 7) is 5.12. The van der Waals surface area contributed by atoms with Crippen molar-refractivity contribution in [3.05, 3.63) is 0 Å². The van der Waals surface area contributed by atoms with Crippen LogP contribution in [-0.4, -0.2) is 42.2 Å². The number of rotatable bonds is 2. The third-order valence-corrected chi connectivity index (χ3v) is 4.86. The second-order valence-corrected chi connectivity index (χ2v) is 6.35. The minimum atomic E-state index is 0.216. The van der Waals surface area contributed by atoms with Gasteiger partial charge in [0.05, 0.1) is 18.2 Å². The molecule has 3 rings (SSSR count). The highest BCUT2D eigenvalue weighted by molar-refractivity contribution is 5.81. The van der Waals surface area contributed by atoms with Crippen molar-refractivity contribution in [3.8, 4) is 0 Å². The predicted molar refractivity (Wildman–Crippen MR) is 72.5 cm³/mol. The molecule has 0 aromatic carbocycles. The summed E-state index contributed by atoms with van der Waals surface area (Å²) in [6.07, 6.45) is 7.89. The largest absolute Gasteiger partial charge is 0.376 e. The Morgan fingerprint density at radius 1 is 1.44 bits per heavy atom. The summed E-state index contributed by atoms with van der Waals surface area (Å²) in [6, 6.07) is 0. The fraction of sp³-hybridized carbons (Fsp3) is 0.929. The zero-order valence-electron chi connectivity index (χ0n) is 11.4. The Morgan fingerprint density at radius 3 is 3.06 bits per heavy atom. The molecule has 2 N–H and O–H groups in total. The van der Waals surface area contributed by atoms with E-state index >= 15 is 0 Å². The van der Waals surface area contributed by atoms with E-state index in [9.17, 15) is 0 Å². The first-order chi connectivity index (χ1) is 8.70. The van der Waals surface area contributed by atoms with Crippen LogP contribution in [0.2, 0.25) is 0 Å². The highest BCUT2D eigenvalue weighted by Crippen LogP contribution is 2.40. The zero-order valence-corrected chi connectivity index (χ0v) is 11.4. The number of ether oxygens (including phenoxy) is 1. The topological polar surface area (TPSA) is 50.8 Å². The Hall–Kier alpha value is -0.770. The van der Waals surface area contributed by atoms with E-state index in [0.29, 0.717) is 6.10 Å². The molecular weight excluding hydrogens is 226 g/mol. The number of hydrogen-bond acceptors (Lipinski definition) is 4. The zero-order chi connectivity index (χ0) is 12.6. The molecule has 4 heteroatoms. The molecule has 0 amide bonds. The van der Waals surface area contributed by atoms with Gasteiger partial charge >= 0.3 is 0 Å². The molecule has 3 unspecified atom stereocenters. The van der Waals surface area contributed by atoms with E-state index in [1.165, 1.54) is 38.5 Å². The predicted octanol–water partition coefficient (Wildman–Crippen LogP) is 1.74. The van der Waals surface area contributed by atoms with E-state index in [2.05, 4.69) is 16.8 Å². The van der Waals surface area contributed by atoms with Crippen molar-refractivity contribution in [2.45, 2.75) is 57.1 Å². The summed E-state index contributed by atoms with van der Waals surface area (Å²) in [5.41, 5.74) is 6.34. The van der Waals surface area contributed by atoms with Crippen LogP contribution in [0.25, 0.3) is 0 Å².